The molecule has 4 atom stereocenters. The van der Waals surface area contributed by atoms with E-state index >= 15 is 0 Å². The van der Waals surface area contributed by atoms with Crippen molar-refractivity contribution in [3.05, 3.63) is 42.0 Å². The largest absolute Gasteiger partial charge is 0.387 e. The molecule has 0 saturated carbocycles. The number of ether oxygens (including phenoxy) is 1. The molecule has 224 valence electrons. The van der Waals surface area contributed by atoms with Crippen molar-refractivity contribution in [3.63, 3.8) is 0 Å². The highest BCUT2D eigenvalue weighted by molar-refractivity contribution is 6.02. The van der Waals surface area contributed by atoms with E-state index in [4.69, 9.17) is 10.5 Å². The predicted molar refractivity (Wildman–Crippen MR) is 152 cm³/mol. The molecule has 3 aromatic rings. The molecule has 5 rings (SSSR count). The van der Waals surface area contributed by atoms with Crippen LogP contribution in [0.2, 0.25) is 0 Å². The molecule has 0 bridgehead atoms. The maximum Gasteiger partial charge on any atom is 0.251 e. The number of carbonyl (C=O) groups excluding carboxylic acids is 3. The zero-order valence-corrected chi connectivity index (χ0v) is 23.2. The number of aliphatic hydroxyl groups is 2. The molecule has 0 aliphatic carbocycles. The fraction of sp³-hybridized carbons (Fsp3) is 0.500. The summed E-state index contributed by atoms with van der Waals surface area (Å²) < 4.78 is 7.34. The Bertz CT molecular complexity index is 1450. The first-order valence-corrected chi connectivity index (χ1v) is 14.2. The van der Waals surface area contributed by atoms with Crippen LogP contribution in [0.15, 0.2) is 30.9 Å². The molecule has 14 heteroatoms. The van der Waals surface area contributed by atoms with Gasteiger partial charge in [0.1, 0.15) is 30.2 Å². The highest BCUT2D eigenvalue weighted by atomic mass is 16.6. The van der Waals surface area contributed by atoms with Crippen LogP contribution in [0.1, 0.15) is 73.5 Å². The molecule has 3 amide bonds. The van der Waals surface area contributed by atoms with Crippen molar-refractivity contribution in [1.82, 2.24) is 30.2 Å². The summed E-state index contributed by atoms with van der Waals surface area (Å²) >= 11 is 0. The van der Waals surface area contributed by atoms with Crippen molar-refractivity contribution in [2.24, 2.45) is 0 Å². The Morgan fingerprint density at radius 3 is 2.55 bits per heavy atom. The Balaban J connectivity index is 0.936. The van der Waals surface area contributed by atoms with Crippen molar-refractivity contribution >= 4 is 40.4 Å². The van der Waals surface area contributed by atoms with Gasteiger partial charge in [0.05, 0.1) is 6.33 Å². The quantitative estimate of drug-likeness (QED) is 0.159. The van der Waals surface area contributed by atoms with E-state index in [2.05, 4.69) is 30.9 Å². The molecule has 42 heavy (non-hydrogen) atoms. The van der Waals surface area contributed by atoms with E-state index in [9.17, 15) is 24.6 Å². The summed E-state index contributed by atoms with van der Waals surface area (Å²) in [7, 11) is 0. The van der Waals surface area contributed by atoms with Gasteiger partial charge < -0.3 is 36.6 Å². The van der Waals surface area contributed by atoms with Crippen LogP contribution < -0.4 is 21.7 Å². The normalized spacial score (nSPS) is 21.3. The molecule has 4 unspecified atom stereocenters. The number of nitrogens with zero attached hydrogens (tertiary/aromatic N) is 4. The number of anilines is 2. The number of amides is 3. The molecular weight excluding hydrogens is 544 g/mol. The first-order valence-electron chi connectivity index (χ1n) is 14.2. The standard InChI is InChI=1S/C28H36N8O6/c29-25-22-26(33-14-32-25)36(15-34-22)28-24(40)23(39)19(42-28)13-30-20(37)10-5-3-1-2-4-6-11-21(38)35-18-9-7-8-16-17(18)12-31-27(16)41/h7-9,14-15,19,23-24,28,39-40H,1-6,10-13H2,(H,30,37)(H,31,41)(H,35,38)(H2,29,32,33). The monoisotopic (exact) mass is 580 g/mol. The van der Waals surface area contributed by atoms with E-state index in [-0.39, 0.29) is 30.1 Å². The molecule has 2 aromatic heterocycles. The molecular formula is C28H36N8O6. The van der Waals surface area contributed by atoms with Crippen LogP contribution in [0.5, 0.6) is 0 Å². The van der Waals surface area contributed by atoms with Crippen LogP contribution in [0, 0.1) is 0 Å². The number of fused-ring (bicyclic) bond motifs is 2. The van der Waals surface area contributed by atoms with Crippen molar-refractivity contribution in [2.45, 2.75) is 82.5 Å². The van der Waals surface area contributed by atoms with Gasteiger partial charge in [-0.2, -0.15) is 0 Å². The zero-order valence-electron chi connectivity index (χ0n) is 23.2. The summed E-state index contributed by atoms with van der Waals surface area (Å²) in [5.74, 6) is -0.135. The van der Waals surface area contributed by atoms with Crippen LogP contribution >= 0.6 is 0 Å². The van der Waals surface area contributed by atoms with E-state index in [1.165, 1.54) is 17.2 Å². The number of aliphatic hydroxyl groups excluding tert-OH is 2. The van der Waals surface area contributed by atoms with E-state index in [0.29, 0.717) is 41.8 Å². The van der Waals surface area contributed by atoms with Crippen LogP contribution in [-0.4, -0.2) is 72.3 Å². The number of hydrogen-bond donors (Lipinski definition) is 6. The van der Waals surface area contributed by atoms with Crippen LogP contribution in [-0.2, 0) is 20.9 Å². The number of aromatic nitrogens is 4. The number of imidazole rings is 1. The lowest BCUT2D eigenvalue weighted by molar-refractivity contribution is -0.122. The lowest BCUT2D eigenvalue weighted by Crippen LogP contribution is -2.39. The summed E-state index contributed by atoms with van der Waals surface area (Å²) in [5.41, 5.74) is 8.69. The lowest BCUT2D eigenvalue weighted by Gasteiger charge is -2.16. The lowest BCUT2D eigenvalue weighted by atomic mass is 10.1. The van der Waals surface area contributed by atoms with Gasteiger partial charge >= 0.3 is 0 Å². The molecule has 14 nitrogen and oxygen atoms in total. The Morgan fingerprint density at radius 1 is 1.02 bits per heavy atom. The molecule has 2 aliphatic heterocycles. The molecule has 1 aromatic carbocycles. The van der Waals surface area contributed by atoms with Crippen molar-refractivity contribution in [3.8, 4) is 0 Å². The van der Waals surface area contributed by atoms with Gasteiger partial charge in [0, 0.05) is 42.7 Å². The number of nitrogens with one attached hydrogen (secondary N) is 3. The number of rotatable bonds is 13. The van der Waals surface area contributed by atoms with E-state index in [1.807, 2.05) is 6.07 Å². The summed E-state index contributed by atoms with van der Waals surface area (Å²) in [5, 5.41) is 29.5. The van der Waals surface area contributed by atoms with Crippen molar-refractivity contribution in [1.29, 1.82) is 0 Å². The van der Waals surface area contributed by atoms with Gasteiger partial charge in [0.15, 0.2) is 17.7 Å². The second kappa shape index (κ2) is 13.2. The van der Waals surface area contributed by atoms with Crippen molar-refractivity contribution < 1.29 is 29.3 Å². The van der Waals surface area contributed by atoms with Gasteiger partial charge in [-0.15, -0.1) is 0 Å². The summed E-state index contributed by atoms with van der Waals surface area (Å²) in [4.78, 5) is 48.6. The van der Waals surface area contributed by atoms with Gasteiger partial charge in [-0.25, -0.2) is 15.0 Å². The SMILES string of the molecule is Nc1ncnc2c1ncn2C1OC(CNC(=O)CCCCCCCCC(=O)Nc2cccc3c2CNC3=O)C(O)C1O. The Hall–Kier alpha value is -4.14. The van der Waals surface area contributed by atoms with Gasteiger partial charge in [-0.3, -0.25) is 19.0 Å². The number of benzene rings is 1. The van der Waals surface area contributed by atoms with Crippen LogP contribution in [0.3, 0.4) is 0 Å². The second-order valence-corrected chi connectivity index (χ2v) is 10.6. The van der Waals surface area contributed by atoms with Gasteiger partial charge in [0.2, 0.25) is 11.8 Å². The van der Waals surface area contributed by atoms with E-state index in [0.717, 1.165) is 44.1 Å². The number of unbranched alkanes of at least 4 members (excludes halogenated alkanes) is 5. The van der Waals surface area contributed by atoms with Gasteiger partial charge in [0.25, 0.3) is 5.91 Å². The molecule has 4 heterocycles. The molecule has 7 N–H and O–H groups in total. The minimum atomic E-state index is -1.24. The van der Waals surface area contributed by atoms with Gasteiger partial charge in [-0.05, 0) is 25.0 Å². The fourth-order valence-electron chi connectivity index (χ4n) is 5.35. The third-order valence-electron chi connectivity index (χ3n) is 7.68. The first kappa shape index (κ1) is 29.4. The Labute approximate surface area is 242 Å². The molecule has 1 saturated heterocycles. The fourth-order valence-corrected chi connectivity index (χ4v) is 5.35. The molecule has 0 spiro atoms. The van der Waals surface area contributed by atoms with E-state index in [1.54, 1.807) is 12.1 Å². The third-order valence-corrected chi connectivity index (χ3v) is 7.68. The Kier molecular flexibility index (Phi) is 9.25. The molecule has 1 fully saturated rings. The summed E-state index contributed by atoms with van der Waals surface area (Å²) in [6.45, 7) is 0.483. The minimum Gasteiger partial charge on any atom is -0.387 e. The summed E-state index contributed by atoms with van der Waals surface area (Å²) in [6, 6.07) is 5.33. The van der Waals surface area contributed by atoms with Crippen LogP contribution in [0.4, 0.5) is 11.5 Å². The molecule has 0 radical (unpaired) electrons. The maximum absolute atomic E-state index is 12.3. The predicted octanol–water partition coefficient (Wildman–Crippen LogP) is 1.15. The third kappa shape index (κ3) is 6.50. The number of hydrogen-bond acceptors (Lipinski definition) is 10. The number of nitrogens with two attached hydrogens (primary N) is 1. The average molecular weight is 581 g/mol. The van der Waals surface area contributed by atoms with Gasteiger partial charge in [-0.1, -0.05) is 31.7 Å². The first-order chi connectivity index (χ1) is 20.3. The number of nitrogen functional groups attached to an aromatic ring is 1. The highest BCUT2D eigenvalue weighted by Crippen LogP contribution is 2.31. The van der Waals surface area contributed by atoms with Crippen molar-refractivity contribution in [2.75, 3.05) is 17.6 Å². The average Bonchev–Trinajstić information content (AvgIpc) is 3.66. The second-order valence-electron chi connectivity index (χ2n) is 10.6. The zero-order chi connectivity index (χ0) is 29.6. The van der Waals surface area contributed by atoms with E-state index < -0.39 is 24.5 Å². The maximum atomic E-state index is 12.3. The number of carbonyl (C=O) groups is 3. The van der Waals surface area contributed by atoms with Crippen LogP contribution in [0.25, 0.3) is 11.2 Å². The highest BCUT2D eigenvalue weighted by Gasteiger charge is 2.44. The summed E-state index contributed by atoms with van der Waals surface area (Å²) in [6.07, 6.45) is 4.50. The Morgan fingerprint density at radius 2 is 1.76 bits per heavy atom. The smallest absolute Gasteiger partial charge is 0.251 e. The molecule has 2 aliphatic rings. The minimum absolute atomic E-state index is 0.0536. The topological polar surface area (TPSA) is 207 Å².